The van der Waals surface area contributed by atoms with Gasteiger partial charge in [0.25, 0.3) is 0 Å². The van der Waals surface area contributed by atoms with Gasteiger partial charge < -0.3 is 9.32 Å². The van der Waals surface area contributed by atoms with Crippen molar-refractivity contribution in [1.29, 1.82) is 0 Å². The van der Waals surface area contributed by atoms with E-state index in [0.29, 0.717) is 24.6 Å². The van der Waals surface area contributed by atoms with Gasteiger partial charge in [-0.2, -0.15) is 4.98 Å². The lowest BCUT2D eigenvalue weighted by atomic mass is 9.90. The molecule has 0 bridgehead atoms. The average Bonchev–Trinajstić information content (AvgIpc) is 3.33. The molecule has 5 rings (SSSR count). The Bertz CT molecular complexity index is 1350. The zero-order chi connectivity index (χ0) is 23.5. The van der Waals surface area contributed by atoms with Gasteiger partial charge in [0.2, 0.25) is 26.6 Å². The molecule has 2 heterocycles. The minimum absolute atomic E-state index is 0.0977. The van der Waals surface area contributed by atoms with Crippen LogP contribution in [0.4, 0.5) is 10.3 Å². The monoisotopic (exact) mass is 476 g/mol. The van der Waals surface area contributed by atoms with Gasteiger partial charge >= 0.3 is 0 Å². The molecule has 0 radical (unpaired) electrons. The second-order valence-electron chi connectivity index (χ2n) is 8.57. The second kappa shape index (κ2) is 9.43. The van der Waals surface area contributed by atoms with Crippen LogP contribution in [0.2, 0.25) is 0 Å². The van der Waals surface area contributed by atoms with Gasteiger partial charge in [-0.1, -0.05) is 48.5 Å². The predicted octanol–water partition coefficient (Wildman–Crippen LogP) is 5.77. The summed E-state index contributed by atoms with van der Waals surface area (Å²) in [6.45, 7) is 1.35. The molecular formula is C27H25FN2O3S. The van der Waals surface area contributed by atoms with Crippen molar-refractivity contribution in [3.63, 3.8) is 0 Å². The van der Waals surface area contributed by atoms with E-state index in [0.717, 1.165) is 19.3 Å². The molecule has 0 N–H and O–H groups in total. The summed E-state index contributed by atoms with van der Waals surface area (Å²) >= 11 is 0. The SMILES string of the molecule is O=S(=O)(c1ccccc1)c1nc(-c2ccc(F)cc2)oc1N1CCC(Cc2ccccc2)CC1. The first kappa shape index (κ1) is 22.3. The molecule has 0 saturated carbocycles. The van der Waals surface area contributed by atoms with E-state index in [4.69, 9.17) is 4.42 Å². The molecule has 174 valence electrons. The number of rotatable bonds is 6. The summed E-state index contributed by atoms with van der Waals surface area (Å²) in [6.07, 6.45) is 2.85. The maximum Gasteiger partial charge on any atom is 0.236 e. The molecule has 0 amide bonds. The van der Waals surface area contributed by atoms with Gasteiger partial charge in [0, 0.05) is 18.7 Å². The summed E-state index contributed by atoms with van der Waals surface area (Å²) in [6, 6.07) is 24.3. The van der Waals surface area contributed by atoms with Gasteiger partial charge in [-0.25, -0.2) is 12.8 Å². The molecule has 1 aromatic heterocycles. The quantitative estimate of drug-likeness (QED) is 0.353. The van der Waals surface area contributed by atoms with Crippen LogP contribution in [-0.2, 0) is 16.3 Å². The number of benzene rings is 3. The van der Waals surface area contributed by atoms with Crippen molar-refractivity contribution in [2.75, 3.05) is 18.0 Å². The van der Waals surface area contributed by atoms with Crippen LogP contribution in [0.3, 0.4) is 0 Å². The van der Waals surface area contributed by atoms with Crippen molar-refractivity contribution in [1.82, 2.24) is 4.98 Å². The molecular weight excluding hydrogens is 451 g/mol. The van der Waals surface area contributed by atoms with Crippen molar-refractivity contribution in [3.8, 4) is 11.5 Å². The van der Waals surface area contributed by atoms with E-state index < -0.39 is 9.84 Å². The topological polar surface area (TPSA) is 63.4 Å². The number of sulfone groups is 1. The first-order chi connectivity index (χ1) is 16.5. The predicted molar refractivity (Wildman–Crippen MR) is 129 cm³/mol. The molecule has 0 unspecified atom stereocenters. The smallest absolute Gasteiger partial charge is 0.236 e. The molecule has 7 heteroatoms. The summed E-state index contributed by atoms with van der Waals surface area (Å²) in [4.78, 5) is 6.53. The van der Waals surface area contributed by atoms with E-state index in [9.17, 15) is 12.8 Å². The lowest BCUT2D eigenvalue weighted by Crippen LogP contribution is -2.34. The first-order valence-electron chi connectivity index (χ1n) is 11.4. The van der Waals surface area contributed by atoms with Crippen molar-refractivity contribution in [3.05, 3.63) is 96.3 Å². The Morgan fingerprint density at radius 1 is 0.882 bits per heavy atom. The summed E-state index contributed by atoms with van der Waals surface area (Å²) in [5.41, 5.74) is 1.84. The number of aromatic nitrogens is 1. The van der Waals surface area contributed by atoms with Crippen LogP contribution in [0.25, 0.3) is 11.5 Å². The Kier molecular flexibility index (Phi) is 6.20. The van der Waals surface area contributed by atoms with Crippen LogP contribution in [0.1, 0.15) is 18.4 Å². The number of anilines is 1. The number of piperidine rings is 1. The molecule has 0 aliphatic carbocycles. The van der Waals surface area contributed by atoms with Gasteiger partial charge in [-0.15, -0.1) is 0 Å². The minimum Gasteiger partial charge on any atom is -0.419 e. The lowest BCUT2D eigenvalue weighted by molar-refractivity contribution is 0.387. The Balaban J connectivity index is 1.45. The van der Waals surface area contributed by atoms with Gasteiger partial charge in [-0.05, 0) is 67.1 Å². The number of halogens is 1. The summed E-state index contributed by atoms with van der Waals surface area (Å²) < 4.78 is 46.5. The molecule has 4 aromatic rings. The summed E-state index contributed by atoms with van der Waals surface area (Å²) in [7, 11) is -3.90. The third-order valence-electron chi connectivity index (χ3n) is 6.25. The van der Waals surface area contributed by atoms with Crippen molar-refractivity contribution < 1.29 is 17.2 Å². The highest BCUT2D eigenvalue weighted by molar-refractivity contribution is 7.91. The summed E-state index contributed by atoms with van der Waals surface area (Å²) in [5, 5.41) is -0.0977. The van der Waals surface area contributed by atoms with Crippen LogP contribution in [0.15, 0.2) is 99.3 Å². The van der Waals surface area contributed by atoms with Crippen LogP contribution in [0.5, 0.6) is 0 Å². The molecule has 1 aliphatic rings. The standard InChI is InChI=1S/C27H25FN2O3S/c28-23-13-11-22(12-14-23)25-29-26(34(31,32)24-9-5-2-6-10-24)27(33-25)30-17-15-21(16-18-30)19-20-7-3-1-4-8-20/h1-14,21H,15-19H2. The fraction of sp³-hybridized carbons (Fsp3) is 0.222. The van der Waals surface area contributed by atoms with E-state index in [-0.39, 0.29) is 27.5 Å². The fourth-order valence-corrected chi connectivity index (χ4v) is 5.73. The van der Waals surface area contributed by atoms with Crippen LogP contribution in [0, 0.1) is 11.7 Å². The molecule has 34 heavy (non-hydrogen) atoms. The number of oxazole rings is 1. The van der Waals surface area contributed by atoms with Gasteiger partial charge in [0.05, 0.1) is 4.90 Å². The van der Waals surface area contributed by atoms with Crippen molar-refractivity contribution in [2.45, 2.75) is 29.2 Å². The molecule has 5 nitrogen and oxygen atoms in total. The Hall–Kier alpha value is -3.45. The van der Waals surface area contributed by atoms with Crippen LogP contribution in [-0.4, -0.2) is 26.5 Å². The van der Waals surface area contributed by atoms with E-state index in [1.165, 1.54) is 29.8 Å². The van der Waals surface area contributed by atoms with Gasteiger partial charge in [0.15, 0.2) is 0 Å². The Morgan fingerprint density at radius 3 is 2.15 bits per heavy atom. The number of hydrogen-bond acceptors (Lipinski definition) is 5. The van der Waals surface area contributed by atoms with Crippen LogP contribution < -0.4 is 4.90 Å². The van der Waals surface area contributed by atoms with E-state index in [1.54, 1.807) is 30.3 Å². The Morgan fingerprint density at radius 2 is 1.50 bits per heavy atom. The maximum atomic E-state index is 13.5. The summed E-state index contributed by atoms with van der Waals surface area (Å²) in [5.74, 6) is 0.553. The normalized spacial score (nSPS) is 14.9. The highest BCUT2D eigenvalue weighted by Crippen LogP contribution is 2.36. The fourth-order valence-electron chi connectivity index (χ4n) is 4.39. The van der Waals surface area contributed by atoms with E-state index in [1.807, 2.05) is 11.0 Å². The molecule has 0 spiro atoms. The molecule has 1 aliphatic heterocycles. The third-order valence-corrected chi connectivity index (χ3v) is 7.92. The molecule has 3 aromatic carbocycles. The Labute approximate surface area is 198 Å². The maximum absolute atomic E-state index is 13.5. The second-order valence-corrected chi connectivity index (χ2v) is 10.4. The van der Waals surface area contributed by atoms with E-state index >= 15 is 0 Å². The number of nitrogens with zero attached hydrogens (tertiary/aromatic N) is 2. The largest absolute Gasteiger partial charge is 0.419 e. The first-order valence-corrected chi connectivity index (χ1v) is 12.8. The zero-order valence-corrected chi connectivity index (χ0v) is 19.4. The van der Waals surface area contributed by atoms with Gasteiger partial charge in [0.1, 0.15) is 5.82 Å². The molecule has 1 saturated heterocycles. The highest BCUT2D eigenvalue weighted by Gasteiger charge is 2.33. The van der Waals surface area contributed by atoms with Crippen molar-refractivity contribution in [2.24, 2.45) is 5.92 Å². The van der Waals surface area contributed by atoms with Crippen molar-refractivity contribution >= 4 is 15.7 Å². The minimum atomic E-state index is -3.90. The average molecular weight is 477 g/mol. The third kappa shape index (κ3) is 4.61. The molecule has 1 fully saturated rings. The van der Waals surface area contributed by atoms with E-state index in [2.05, 4.69) is 29.2 Å². The van der Waals surface area contributed by atoms with Crippen LogP contribution >= 0.6 is 0 Å². The zero-order valence-electron chi connectivity index (χ0n) is 18.6. The highest BCUT2D eigenvalue weighted by atomic mass is 32.2. The van der Waals surface area contributed by atoms with Gasteiger partial charge in [-0.3, -0.25) is 0 Å². The lowest BCUT2D eigenvalue weighted by Gasteiger charge is -2.32. The molecule has 0 atom stereocenters. The number of hydrogen-bond donors (Lipinski definition) is 0.